The molecule has 0 fully saturated rings. The maximum Gasteiger partial charge on any atom is 0.321 e. The summed E-state index contributed by atoms with van der Waals surface area (Å²) in [5.41, 5.74) is 5.48. The zero-order valence-electron chi connectivity index (χ0n) is 6.45. The normalized spacial score (nSPS) is 15.9. The summed E-state index contributed by atoms with van der Waals surface area (Å²) in [6.45, 7) is 1.88. The number of aliphatic carboxylic acids is 1. The first-order valence-electron chi connectivity index (χ1n) is 3.47. The Morgan fingerprint density at radius 2 is 2.36 bits per heavy atom. The number of nitrogens with one attached hydrogen (secondary N) is 1. The van der Waals surface area contributed by atoms with Gasteiger partial charge in [0.2, 0.25) is 0 Å². The summed E-state index contributed by atoms with van der Waals surface area (Å²) in [7, 11) is 0. The third-order valence-corrected chi connectivity index (χ3v) is 1.70. The van der Waals surface area contributed by atoms with Gasteiger partial charge in [-0.05, 0) is 6.42 Å². The molecular formula is C6H14N2O2S. The first kappa shape index (κ1) is 10.7. The second-order valence-electron chi connectivity index (χ2n) is 2.25. The minimum atomic E-state index is -0.913. The molecule has 0 spiro atoms. The second-order valence-corrected chi connectivity index (χ2v) is 2.62. The maximum atomic E-state index is 10.4. The molecule has 0 saturated carbocycles. The molecule has 2 atom stereocenters. The van der Waals surface area contributed by atoms with Crippen molar-refractivity contribution in [2.45, 2.75) is 25.6 Å². The monoisotopic (exact) mass is 178 g/mol. The molecular weight excluding hydrogens is 164 g/mol. The number of carboxylic acids is 1. The van der Waals surface area contributed by atoms with Crippen LogP contribution < -0.4 is 11.1 Å². The highest BCUT2D eigenvalue weighted by atomic mass is 32.1. The molecule has 0 radical (unpaired) electrons. The Bertz CT molecular complexity index is 132. The van der Waals surface area contributed by atoms with Crippen molar-refractivity contribution in [2.24, 2.45) is 5.73 Å². The smallest absolute Gasteiger partial charge is 0.321 e. The minimum absolute atomic E-state index is 0.253. The van der Waals surface area contributed by atoms with Crippen molar-refractivity contribution in [3.05, 3.63) is 0 Å². The van der Waals surface area contributed by atoms with Crippen molar-refractivity contribution < 1.29 is 9.90 Å². The lowest BCUT2D eigenvalue weighted by atomic mass is 10.3. The van der Waals surface area contributed by atoms with E-state index in [4.69, 9.17) is 10.8 Å². The van der Waals surface area contributed by atoms with Gasteiger partial charge in [0, 0.05) is 5.75 Å². The first-order chi connectivity index (χ1) is 5.11. The second kappa shape index (κ2) is 5.40. The molecule has 1 unspecified atom stereocenters. The van der Waals surface area contributed by atoms with E-state index in [9.17, 15) is 4.79 Å². The highest BCUT2D eigenvalue weighted by Crippen LogP contribution is 1.91. The molecule has 0 heterocycles. The summed E-state index contributed by atoms with van der Waals surface area (Å²) in [6.07, 6.45) is 0.445. The van der Waals surface area contributed by atoms with E-state index in [1.54, 1.807) is 0 Å². The Kier molecular flexibility index (Phi) is 5.27. The van der Waals surface area contributed by atoms with Crippen LogP contribution in [-0.4, -0.2) is 29.0 Å². The summed E-state index contributed by atoms with van der Waals surface area (Å²) in [6, 6.07) is -0.645. The number of carbonyl (C=O) groups is 1. The first-order valence-corrected chi connectivity index (χ1v) is 4.10. The lowest BCUT2D eigenvalue weighted by molar-refractivity contribution is -0.139. The van der Waals surface area contributed by atoms with Crippen LogP contribution in [-0.2, 0) is 4.79 Å². The van der Waals surface area contributed by atoms with Crippen molar-refractivity contribution >= 4 is 18.6 Å². The topological polar surface area (TPSA) is 75.3 Å². The van der Waals surface area contributed by atoms with E-state index in [0.29, 0.717) is 6.42 Å². The van der Waals surface area contributed by atoms with E-state index in [0.717, 1.165) is 0 Å². The molecule has 4 N–H and O–H groups in total. The Morgan fingerprint density at radius 3 is 2.64 bits per heavy atom. The minimum Gasteiger partial charge on any atom is -0.480 e. The maximum absolute atomic E-state index is 10.4. The number of thiol groups is 1. The molecule has 66 valence electrons. The average Bonchev–Trinajstić information content (AvgIpc) is 1.99. The lowest BCUT2D eigenvalue weighted by Gasteiger charge is -2.16. The van der Waals surface area contributed by atoms with Crippen LogP contribution in [0, 0.1) is 0 Å². The van der Waals surface area contributed by atoms with E-state index < -0.39 is 12.0 Å². The average molecular weight is 178 g/mol. The molecule has 0 amide bonds. The molecule has 0 aliphatic rings. The summed E-state index contributed by atoms with van der Waals surface area (Å²) in [5.74, 6) is -0.660. The molecule has 0 saturated heterocycles. The third kappa shape index (κ3) is 4.23. The molecule has 5 heteroatoms. The molecule has 0 aliphatic heterocycles. The van der Waals surface area contributed by atoms with Crippen LogP contribution >= 0.6 is 12.6 Å². The van der Waals surface area contributed by atoms with Crippen LogP contribution in [0.4, 0.5) is 0 Å². The van der Waals surface area contributed by atoms with Gasteiger partial charge in [0.1, 0.15) is 6.04 Å². The predicted molar refractivity (Wildman–Crippen MR) is 46.7 cm³/mol. The van der Waals surface area contributed by atoms with Crippen LogP contribution in [0.1, 0.15) is 13.3 Å². The van der Waals surface area contributed by atoms with Crippen molar-refractivity contribution in [2.75, 3.05) is 5.75 Å². The Labute approximate surface area is 71.6 Å². The largest absolute Gasteiger partial charge is 0.480 e. The molecule has 0 aromatic heterocycles. The molecule has 4 nitrogen and oxygen atoms in total. The zero-order valence-corrected chi connectivity index (χ0v) is 7.34. The van der Waals surface area contributed by atoms with E-state index >= 15 is 0 Å². The van der Waals surface area contributed by atoms with E-state index in [2.05, 4.69) is 17.9 Å². The Hall–Kier alpha value is -0.260. The number of nitrogens with two attached hydrogens (primary N) is 1. The van der Waals surface area contributed by atoms with Gasteiger partial charge in [-0.3, -0.25) is 10.1 Å². The molecule has 0 aliphatic carbocycles. The summed E-state index contributed by atoms with van der Waals surface area (Å²) < 4.78 is 0. The fourth-order valence-corrected chi connectivity index (χ4v) is 0.840. The zero-order chi connectivity index (χ0) is 8.85. The van der Waals surface area contributed by atoms with Crippen molar-refractivity contribution in [1.82, 2.24) is 5.32 Å². The van der Waals surface area contributed by atoms with Crippen molar-refractivity contribution in [1.29, 1.82) is 0 Å². The van der Waals surface area contributed by atoms with Gasteiger partial charge >= 0.3 is 5.97 Å². The molecule has 0 rings (SSSR count). The highest BCUT2D eigenvalue weighted by molar-refractivity contribution is 7.80. The van der Waals surface area contributed by atoms with E-state index in [1.807, 2.05) is 6.92 Å². The Morgan fingerprint density at radius 1 is 1.82 bits per heavy atom. The number of carboxylic acid groups (broad SMARTS) is 1. The van der Waals surface area contributed by atoms with Gasteiger partial charge in [-0.2, -0.15) is 12.6 Å². The fraction of sp³-hybridized carbons (Fsp3) is 0.833. The van der Waals surface area contributed by atoms with Crippen LogP contribution in [0.5, 0.6) is 0 Å². The van der Waals surface area contributed by atoms with E-state index in [-0.39, 0.29) is 11.9 Å². The van der Waals surface area contributed by atoms with Gasteiger partial charge in [-0.15, -0.1) is 0 Å². The number of rotatable bonds is 5. The fourth-order valence-electron chi connectivity index (χ4n) is 0.578. The van der Waals surface area contributed by atoms with Gasteiger partial charge < -0.3 is 10.8 Å². The third-order valence-electron chi connectivity index (χ3n) is 1.34. The lowest BCUT2D eigenvalue weighted by Crippen LogP contribution is -2.48. The van der Waals surface area contributed by atoms with E-state index in [1.165, 1.54) is 0 Å². The van der Waals surface area contributed by atoms with Crippen LogP contribution in [0.3, 0.4) is 0 Å². The predicted octanol–water partition coefficient (Wildman–Crippen LogP) is -0.346. The molecule has 0 aromatic rings. The van der Waals surface area contributed by atoms with Gasteiger partial charge in [0.25, 0.3) is 0 Å². The number of hydrogen-bond donors (Lipinski definition) is 4. The quantitative estimate of drug-likeness (QED) is 0.343. The summed E-state index contributed by atoms with van der Waals surface area (Å²) in [5, 5.41) is 11.3. The van der Waals surface area contributed by atoms with Gasteiger partial charge in [-0.1, -0.05) is 6.92 Å². The highest BCUT2D eigenvalue weighted by Gasteiger charge is 2.16. The van der Waals surface area contributed by atoms with Crippen LogP contribution in [0.15, 0.2) is 0 Å². The molecule has 0 bridgehead atoms. The summed E-state index contributed by atoms with van der Waals surface area (Å²) >= 11 is 3.87. The van der Waals surface area contributed by atoms with Crippen LogP contribution in [0.25, 0.3) is 0 Å². The number of hydrogen-bond acceptors (Lipinski definition) is 4. The van der Waals surface area contributed by atoms with Gasteiger partial charge in [0.15, 0.2) is 0 Å². The molecule has 11 heavy (non-hydrogen) atoms. The van der Waals surface area contributed by atoms with Gasteiger partial charge in [0.05, 0.1) is 6.17 Å². The van der Waals surface area contributed by atoms with Gasteiger partial charge in [-0.25, -0.2) is 0 Å². The Balaban J connectivity index is 3.77. The standard InChI is InChI=1S/C6H14N2O2S/c1-2-5(7)8-4(3-11)6(9)10/h4-5,8,11H,2-3,7H2,1H3,(H,9,10)/t4?,5-/m0/s1. The van der Waals surface area contributed by atoms with Crippen molar-refractivity contribution in [3.63, 3.8) is 0 Å². The van der Waals surface area contributed by atoms with Crippen LogP contribution in [0.2, 0.25) is 0 Å². The van der Waals surface area contributed by atoms with Crippen molar-refractivity contribution in [3.8, 4) is 0 Å². The summed E-state index contributed by atoms with van der Waals surface area (Å²) in [4.78, 5) is 10.4. The molecule has 0 aromatic carbocycles. The SMILES string of the molecule is CC[C@@H](N)NC(CS)C(=O)O.